The quantitative estimate of drug-likeness (QED) is 0.712. The normalized spacial score (nSPS) is 10.4. The average molecular weight is 323 g/mol. The monoisotopic (exact) mass is 323 g/mol. The Hall–Kier alpha value is -3.28. The van der Waals surface area contributed by atoms with Gasteiger partial charge in [-0.15, -0.1) is 0 Å². The molecule has 2 N–H and O–H groups in total. The Morgan fingerprint density at radius 1 is 0.958 bits per heavy atom. The molecule has 0 saturated heterocycles. The zero-order valence-electron chi connectivity index (χ0n) is 12.8. The molecule has 0 atom stereocenters. The van der Waals surface area contributed by atoms with Crippen LogP contribution >= 0.6 is 0 Å². The highest BCUT2D eigenvalue weighted by Crippen LogP contribution is 2.17. The zero-order valence-corrected chi connectivity index (χ0v) is 12.8. The molecule has 0 spiro atoms. The van der Waals surface area contributed by atoms with Crippen molar-refractivity contribution in [3.63, 3.8) is 0 Å². The number of aryl methyl sites for hydroxylation is 1. The first kappa shape index (κ1) is 15.6. The Kier molecular flexibility index (Phi) is 4.20. The molecular weight excluding hydrogens is 309 g/mol. The molecule has 6 heteroatoms. The lowest BCUT2D eigenvalue weighted by Crippen LogP contribution is -2.41. The summed E-state index contributed by atoms with van der Waals surface area (Å²) in [4.78, 5) is 28.5. The van der Waals surface area contributed by atoms with Gasteiger partial charge in [0, 0.05) is 10.9 Å². The van der Waals surface area contributed by atoms with Crippen LogP contribution in [-0.2, 0) is 0 Å². The molecule has 2 aromatic carbocycles. The number of nitrogens with zero attached hydrogens (tertiary/aromatic N) is 1. The van der Waals surface area contributed by atoms with Gasteiger partial charge in [-0.1, -0.05) is 18.2 Å². The first-order valence-electron chi connectivity index (χ1n) is 7.27. The molecule has 0 bridgehead atoms. The third-order valence-electron chi connectivity index (χ3n) is 3.54. The summed E-state index contributed by atoms with van der Waals surface area (Å²) in [6, 6.07) is 14.2. The number of fused-ring (bicyclic) bond motifs is 1. The van der Waals surface area contributed by atoms with Crippen molar-refractivity contribution in [1.29, 1.82) is 0 Å². The van der Waals surface area contributed by atoms with Crippen LogP contribution in [-0.4, -0.2) is 16.8 Å². The minimum atomic E-state index is -0.518. The fourth-order valence-corrected chi connectivity index (χ4v) is 2.32. The number of halogens is 1. The summed E-state index contributed by atoms with van der Waals surface area (Å²) in [6.07, 6.45) is 0. The molecule has 1 aromatic heterocycles. The summed E-state index contributed by atoms with van der Waals surface area (Å²) in [5, 5.41) is 0.514. The van der Waals surface area contributed by atoms with Crippen molar-refractivity contribution in [3.8, 4) is 0 Å². The van der Waals surface area contributed by atoms with E-state index in [9.17, 15) is 14.0 Å². The molecule has 0 aliphatic rings. The van der Waals surface area contributed by atoms with Crippen LogP contribution in [0, 0.1) is 12.7 Å². The number of aromatic nitrogens is 1. The summed E-state index contributed by atoms with van der Waals surface area (Å²) < 4.78 is 13.3. The topological polar surface area (TPSA) is 71.1 Å². The maximum absolute atomic E-state index is 13.3. The third kappa shape index (κ3) is 3.22. The Labute approximate surface area is 137 Å². The molecule has 3 rings (SSSR count). The van der Waals surface area contributed by atoms with Crippen molar-refractivity contribution < 1.29 is 14.0 Å². The number of nitrogens with one attached hydrogen (secondary N) is 2. The third-order valence-corrected chi connectivity index (χ3v) is 3.54. The summed E-state index contributed by atoms with van der Waals surface area (Å²) >= 11 is 0. The Balaban J connectivity index is 1.78. The maximum atomic E-state index is 13.3. The molecule has 0 unspecified atom stereocenters. The predicted octanol–water partition coefficient (Wildman–Crippen LogP) is 2.76. The summed E-state index contributed by atoms with van der Waals surface area (Å²) in [6.45, 7) is 1.68. The molecule has 2 amide bonds. The fourth-order valence-electron chi connectivity index (χ4n) is 2.32. The van der Waals surface area contributed by atoms with E-state index in [0.717, 1.165) is 0 Å². The molecule has 1 heterocycles. The van der Waals surface area contributed by atoms with Crippen molar-refractivity contribution in [3.05, 3.63) is 77.2 Å². The molecule has 3 aromatic rings. The highest BCUT2D eigenvalue weighted by Gasteiger charge is 2.13. The van der Waals surface area contributed by atoms with Crippen molar-refractivity contribution in [2.75, 3.05) is 0 Å². The summed E-state index contributed by atoms with van der Waals surface area (Å²) in [5.74, 6) is -1.35. The second-order valence-electron chi connectivity index (χ2n) is 5.23. The van der Waals surface area contributed by atoms with Crippen molar-refractivity contribution in [2.45, 2.75) is 6.92 Å². The average Bonchev–Trinajstić information content (AvgIpc) is 2.60. The predicted molar refractivity (Wildman–Crippen MR) is 87.8 cm³/mol. The van der Waals surface area contributed by atoms with Gasteiger partial charge in [0.05, 0.1) is 16.8 Å². The number of hydrogen-bond acceptors (Lipinski definition) is 3. The lowest BCUT2D eigenvalue weighted by atomic mass is 10.1. The Bertz CT molecular complexity index is 926. The zero-order chi connectivity index (χ0) is 17.1. The van der Waals surface area contributed by atoms with Crippen LogP contribution in [0.4, 0.5) is 4.39 Å². The minimum absolute atomic E-state index is 0.265. The van der Waals surface area contributed by atoms with Crippen molar-refractivity contribution in [2.24, 2.45) is 0 Å². The first-order chi connectivity index (χ1) is 11.5. The maximum Gasteiger partial charge on any atom is 0.271 e. The Morgan fingerprint density at radius 2 is 1.67 bits per heavy atom. The summed E-state index contributed by atoms with van der Waals surface area (Å²) in [7, 11) is 0. The number of hydrogen-bond donors (Lipinski definition) is 2. The molecule has 0 fully saturated rings. The minimum Gasteiger partial charge on any atom is -0.267 e. The smallest absolute Gasteiger partial charge is 0.267 e. The van der Waals surface area contributed by atoms with Gasteiger partial charge in [-0.2, -0.15) is 0 Å². The SMILES string of the molecule is Cc1nc2ccc(F)cc2cc1C(=O)NNC(=O)c1ccccc1. The van der Waals surface area contributed by atoms with Crippen molar-refractivity contribution >= 4 is 22.7 Å². The van der Waals surface area contributed by atoms with Gasteiger partial charge in [0.25, 0.3) is 11.8 Å². The van der Waals surface area contributed by atoms with Gasteiger partial charge in [0.15, 0.2) is 0 Å². The van der Waals surface area contributed by atoms with E-state index in [1.165, 1.54) is 12.1 Å². The number of benzene rings is 2. The highest BCUT2D eigenvalue weighted by atomic mass is 19.1. The lowest BCUT2D eigenvalue weighted by Gasteiger charge is -2.10. The van der Waals surface area contributed by atoms with E-state index in [0.29, 0.717) is 22.2 Å². The Morgan fingerprint density at radius 3 is 2.42 bits per heavy atom. The lowest BCUT2D eigenvalue weighted by molar-refractivity contribution is 0.0846. The van der Waals surface area contributed by atoms with E-state index < -0.39 is 17.6 Å². The van der Waals surface area contributed by atoms with Gasteiger partial charge in [0.2, 0.25) is 0 Å². The largest absolute Gasteiger partial charge is 0.271 e. The van der Waals surface area contributed by atoms with E-state index in [1.54, 1.807) is 49.4 Å². The second-order valence-corrected chi connectivity index (χ2v) is 5.23. The van der Waals surface area contributed by atoms with E-state index in [2.05, 4.69) is 15.8 Å². The standard InChI is InChI=1S/C18H14FN3O2/c1-11-15(10-13-9-14(19)7-8-16(13)20-11)18(24)22-21-17(23)12-5-3-2-4-6-12/h2-10H,1H3,(H,21,23)(H,22,24). The van der Waals surface area contributed by atoms with E-state index in [4.69, 9.17) is 0 Å². The van der Waals surface area contributed by atoms with Crippen LogP contribution < -0.4 is 10.9 Å². The molecule has 0 aliphatic carbocycles. The molecule has 0 aliphatic heterocycles. The summed E-state index contributed by atoms with van der Waals surface area (Å²) in [5.41, 5.74) is 6.46. The van der Waals surface area contributed by atoms with E-state index in [-0.39, 0.29) is 5.56 Å². The number of hydrazine groups is 1. The van der Waals surface area contributed by atoms with Crippen LogP contribution in [0.3, 0.4) is 0 Å². The molecule has 0 saturated carbocycles. The van der Waals surface area contributed by atoms with Gasteiger partial charge in [0.1, 0.15) is 5.82 Å². The first-order valence-corrected chi connectivity index (χ1v) is 7.27. The molecule has 24 heavy (non-hydrogen) atoms. The van der Waals surface area contributed by atoms with Gasteiger partial charge in [-0.25, -0.2) is 4.39 Å². The molecule has 120 valence electrons. The van der Waals surface area contributed by atoms with Crippen molar-refractivity contribution in [1.82, 2.24) is 15.8 Å². The number of rotatable bonds is 2. The second kappa shape index (κ2) is 6.45. The van der Waals surface area contributed by atoms with Gasteiger partial charge < -0.3 is 0 Å². The number of carbonyl (C=O) groups is 2. The van der Waals surface area contributed by atoms with Gasteiger partial charge in [-0.05, 0) is 43.3 Å². The molecule has 5 nitrogen and oxygen atoms in total. The fraction of sp³-hybridized carbons (Fsp3) is 0.0556. The van der Waals surface area contributed by atoms with Crippen LogP contribution in [0.15, 0.2) is 54.6 Å². The van der Waals surface area contributed by atoms with E-state index in [1.807, 2.05) is 0 Å². The number of carbonyl (C=O) groups excluding carboxylic acids is 2. The molecular formula is C18H14FN3O2. The molecule has 0 radical (unpaired) electrons. The van der Waals surface area contributed by atoms with Gasteiger partial charge in [-0.3, -0.25) is 25.4 Å². The number of pyridine rings is 1. The van der Waals surface area contributed by atoms with Gasteiger partial charge >= 0.3 is 0 Å². The van der Waals surface area contributed by atoms with Crippen LogP contribution in [0.2, 0.25) is 0 Å². The number of amides is 2. The highest BCUT2D eigenvalue weighted by molar-refractivity contribution is 6.01. The van der Waals surface area contributed by atoms with Crippen LogP contribution in [0.1, 0.15) is 26.4 Å². The van der Waals surface area contributed by atoms with Crippen LogP contribution in [0.25, 0.3) is 10.9 Å². The van der Waals surface area contributed by atoms with E-state index >= 15 is 0 Å². The van der Waals surface area contributed by atoms with Crippen LogP contribution in [0.5, 0.6) is 0 Å².